The third kappa shape index (κ3) is 11.2. The van der Waals surface area contributed by atoms with Gasteiger partial charge in [-0.05, 0) is 66.2 Å². The van der Waals surface area contributed by atoms with Gasteiger partial charge in [0.25, 0.3) is 0 Å². The van der Waals surface area contributed by atoms with Gasteiger partial charge in [0.2, 0.25) is 12.2 Å². The Balaban J connectivity index is 0.000000992. The molecule has 3 aromatic carbocycles. The van der Waals surface area contributed by atoms with E-state index in [2.05, 4.69) is 28.3 Å². The second kappa shape index (κ2) is 16.9. The van der Waals surface area contributed by atoms with E-state index in [1.807, 2.05) is 6.07 Å². The van der Waals surface area contributed by atoms with Gasteiger partial charge in [-0.3, -0.25) is 9.59 Å². The van der Waals surface area contributed by atoms with Crippen molar-refractivity contribution in [3.8, 4) is 17.2 Å². The molecule has 49 heavy (non-hydrogen) atoms. The molecular weight excluding hydrogens is 671 g/mol. The summed E-state index contributed by atoms with van der Waals surface area (Å²) in [6, 6.07) is 14.4. The summed E-state index contributed by atoms with van der Waals surface area (Å²) in [5.74, 6) is -0.689. The molecule has 2 amide bonds. The van der Waals surface area contributed by atoms with Gasteiger partial charge in [0.1, 0.15) is 23.9 Å². The molecule has 10 N–H and O–H groups in total. The molecule has 1 atom stereocenters. The fraction of sp³-hybridized carbons (Fsp3) is 0.219. The number of carbonyl (C=O) groups is 4. The van der Waals surface area contributed by atoms with Crippen molar-refractivity contribution >= 4 is 59.4 Å². The number of aromatic hydroxyl groups is 1. The predicted molar refractivity (Wildman–Crippen MR) is 175 cm³/mol. The number of quaternary nitrogens is 1. The average molecular weight is 705 g/mol. The number of benzene rings is 3. The van der Waals surface area contributed by atoms with Gasteiger partial charge in [-0.2, -0.15) is 13.2 Å². The fourth-order valence-electron chi connectivity index (χ4n) is 4.62. The van der Waals surface area contributed by atoms with Gasteiger partial charge in [-0.25, -0.2) is 9.59 Å². The first-order valence-electron chi connectivity index (χ1n) is 14.4. The van der Waals surface area contributed by atoms with Crippen molar-refractivity contribution in [2.75, 3.05) is 25.0 Å². The van der Waals surface area contributed by atoms with E-state index in [1.165, 1.54) is 18.2 Å². The number of carboxylic acid groups (broad SMARTS) is 1. The van der Waals surface area contributed by atoms with E-state index in [-0.39, 0.29) is 29.6 Å². The second-order valence-electron chi connectivity index (χ2n) is 10.4. The lowest BCUT2D eigenvalue weighted by Crippen LogP contribution is -2.51. The molecule has 1 heterocycles. The molecule has 0 fully saturated rings. The Morgan fingerprint density at radius 1 is 1.08 bits per heavy atom. The van der Waals surface area contributed by atoms with Crippen molar-refractivity contribution in [2.24, 2.45) is 5.73 Å². The number of nitrogens with two attached hydrogens (primary N) is 1. The van der Waals surface area contributed by atoms with Crippen molar-refractivity contribution in [3.05, 3.63) is 81.7 Å². The zero-order valence-electron chi connectivity index (χ0n) is 25.8. The van der Waals surface area contributed by atoms with E-state index < -0.39 is 36.5 Å². The maximum absolute atomic E-state index is 12.5. The minimum atomic E-state index is -4.64. The summed E-state index contributed by atoms with van der Waals surface area (Å²) in [6.07, 6.45) is -5.37. The number of amides is 2. The highest BCUT2D eigenvalue weighted by molar-refractivity contribution is 7.80. The first-order chi connectivity index (χ1) is 23.1. The zero-order valence-corrected chi connectivity index (χ0v) is 26.6. The first-order valence-corrected chi connectivity index (χ1v) is 14.8. The van der Waals surface area contributed by atoms with Crippen LogP contribution in [-0.4, -0.2) is 71.5 Å². The Hall–Kier alpha value is -5.68. The summed E-state index contributed by atoms with van der Waals surface area (Å²) in [5.41, 5.74) is 10.8. The van der Waals surface area contributed by atoms with Crippen molar-refractivity contribution in [3.63, 3.8) is 0 Å². The topological polar surface area (TPSA) is 217 Å². The summed E-state index contributed by atoms with van der Waals surface area (Å²) in [7, 11) is 0. The monoisotopic (exact) mass is 704 g/mol. The number of phenols is 1. The fourth-order valence-corrected chi connectivity index (χ4v) is 4.81. The van der Waals surface area contributed by atoms with Crippen molar-refractivity contribution in [2.45, 2.75) is 25.1 Å². The molecule has 1 aliphatic heterocycles. The van der Waals surface area contributed by atoms with Crippen molar-refractivity contribution < 1.29 is 57.8 Å². The van der Waals surface area contributed by atoms with Gasteiger partial charge < -0.3 is 47.1 Å². The van der Waals surface area contributed by atoms with Gasteiger partial charge in [0.05, 0.1) is 24.7 Å². The molecule has 1 aliphatic rings. The lowest BCUT2D eigenvalue weighted by molar-refractivity contribution is -0.368. The number of anilines is 1. The van der Waals surface area contributed by atoms with Crippen molar-refractivity contribution in [1.82, 2.24) is 10.6 Å². The minimum absolute atomic E-state index is 0.00572. The molecule has 0 radical (unpaired) electrons. The van der Waals surface area contributed by atoms with E-state index in [9.17, 15) is 37.8 Å². The number of alkyl halides is 3. The molecule has 17 heteroatoms. The third-order valence-corrected chi connectivity index (χ3v) is 6.93. The summed E-state index contributed by atoms with van der Waals surface area (Å²) < 4.78 is 42.1. The number of fused-ring (bicyclic) bond motifs is 2. The number of aldehydes is 1. The van der Waals surface area contributed by atoms with Crippen molar-refractivity contribution in [1.29, 1.82) is 0 Å². The van der Waals surface area contributed by atoms with E-state index in [1.54, 1.807) is 30.3 Å². The smallest absolute Gasteiger partial charge is 0.446 e. The molecule has 0 bridgehead atoms. The Morgan fingerprint density at radius 3 is 2.41 bits per heavy atom. The summed E-state index contributed by atoms with van der Waals surface area (Å²) in [6.45, 7) is 4.35. The lowest BCUT2D eigenvalue weighted by atomic mass is 9.89. The number of rotatable bonds is 11. The third-order valence-electron chi connectivity index (χ3n) is 6.68. The number of thiocarbonyl (C=S) groups is 1. The highest BCUT2D eigenvalue weighted by atomic mass is 32.1. The Kier molecular flexibility index (Phi) is 13.1. The molecule has 0 unspecified atom stereocenters. The largest absolute Gasteiger partial charge is 0.508 e. The summed E-state index contributed by atoms with van der Waals surface area (Å²) >= 11 is 5.32. The van der Waals surface area contributed by atoms with E-state index in [0.717, 1.165) is 0 Å². The number of ether oxygens (including phenoxy) is 2. The molecule has 0 aliphatic carbocycles. The standard InChI is InChI=1S/C30H31N5O7S.C2HF3O/c1-16-4-7-21-24(11-16)42-25-13-19(36)6-9-22(25)27(21)20-8-5-17(12-23(20)28(38)39)35-30(43)33-14-26(37)34-18(3-2-10-31)15-41-29(32)40;3-2(4,5)1-6/h4-9,11-13,18,36H,1-3,10,14-15,31H2,(H2,32,40)(H,34,37)(H,38,39)(H2,33,35,43);1H/p+1/t18-;/m0./s1. The first kappa shape index (κ1) is 37.8. The van der Waals surface area contributed by atoms with Crippen LogP contribution in [0.2, 0.25) is 0 Å². The van der Waals surface area contributed by atoms with Crippen LogP contribution < -0.4 is 42.6 Å². The van der Waals surface area contributed by atoms with E-state index in [4.69, 9.17) is 32.2 Å². The number of phenolic OH excluding ortho intramolecular Hbond substituents is 1. The van der Waals surface area contributed by atoms with Crippen LogP contribution in [-0.2, 0) is 14.3 Å². The Bertz CT molecular complexity index is 1860. The molecular formula is C32H33F3N5O8S+. The SMILES string of the molecule is C=c1ccc2c(c1)Oc1cc(O)ccc1C=2c1ccc(NC(=S)NCC(=O)N[C@@H](CCC[NH3+])COC(N)=O)cc1C(=O)O.O=CC(F)(F)F. The maximum atomic E-state index is 12.5. The number of aromatic carboxylic acids is 1. The van der Waals surface area contributed by atoms with Crippen LogP contribution in [0.1, 0.15) is 34.3 Å². The number of primary amides is 1. The molecule has 0 spiro atoms. The normalized spacial score (nSPS) is 12.0. The van der Waals surface area contributed by atoms with Gasteiger partial charge in [0, 0.05) is 28.1 Å². The summed E-state index contributed by atoms with van der Waals surface area (Å²) in [4.78, 5) is 44.6. The number of hydrogen-bond acceptors (Lipinski definition) is 8. The van der Waals surface area contributed by atoms with Crippen LogP contribution in [0.25, 0.3) is 12.2 Å². The molecule has 0 aromatic heterocycles. The van der Waals surface area contributed by atoms with Crippen LogP contribution >= 0.6 is 12.2 Å². The quantitative estimate of drug-likeness (QED) is 0.0877. The number of carbonyl (C=O) groups excluding carboxylic acids is 3. The van der Waals surface area contributed by atoms with E-state index in [0.29, 0.717) is 63.7 Å². The highest BCUT2D eigenvalue weighted by Gasteiger charge is 2.26. The summed E-state index contributed by atoms with van der Waals surface area (Å²) in [5, 5.41) is 30.1. The predicted octanol–water partition coefficient (Wildman–Crippen LogP) is 1.49. The highest BCUT2D eigenvalue weighted by Crippen LogP contribution is 2.39. The van der Waals surface area contributed by atoms with E-state index >= 15 is 0 Å². The number of nitrogens with one attached hydrogen (secondary N) is 3. The second-order valence-corrected chi connectivity index (χ2v) is 10.8. The maximum Gasteiger partial charge on any atom is 0.446 e. The van der Waals surface area contributed by atoms with Crippen LogP contribution in [0.5, 0.6) is 17.2 Å². The average Bonchev–Trinajstić information content (AvgIpc) is 3.03. The molecule has 3 aromatic rings. The number of hydrogen-bond donors (Lipinski definition) is 7. The van der Waals surface area contributed by atoms with Crippen LogP contribution in [0.4, 0.5) is 23.7 Å². The van der Waals surface area contributed by atoms with Gasteiger partial charge in [0.15, 0.2) is 5.11 Å². The minimum Gasteiger partial charge on any atom is -0.508 e. The molecule has 0 saturated heterocycles. The molecule has 0 saturated carbocycles. The van der Waals surface area contributed by atoms with Gasteiger partial charge >= 0.3 is 18.2 Å². The van der Waals surface area contributed by atoms with Crippen LogP contribution in [0.3, 0.4) is 0 Å². The zero-order chi connectivity index (χ0) is 36.3. The van der Waals surface area contributed by atoms with Gasteiger partial charge in [-0.1, -0.05) is 24.8 Å². The Morgan fingerprint density at radius 2 is 1.78 bits per heavy atom. The molecule has 260 valence electrons. The van der Waals surface area contributed by atoms with Gasteiger partial charge in [-0.15, -0.1) is 0 Å². The number of halogens is 3. The van der Waals surface area contributed by atoms with Crippen LogP contribution in [0, 0.1) is 0 Å². The Labute approximate surface area is 282 Å². The number of carboxylic acids is 1. The molecule has 13 nitrogen and oxygen atoms in total. The lowest BCUT2D eigenvalue weighted by Gasteiger charge is -2.22. The molecule has 4 rings (SSSR count). The van der Waals surface area contributed by atoms with Crippen LogP contribution in [0.15, 0.2) is 54.6 Å².